The lowest BCUT2D eigenvalue weighted by molar-refractivity contribution is -0.0871. The van der Waals surface area contributed by atoms with E-state index in [0.29, 0.717) is 13.2 Å². The number of benzene rings is 1. The largest absolute Gasteiger partial charge is 0.543 e. The minimum absolute atomic E-state index is 0.178. The topological polar surface area (TPSA) is 27.7 Å². The van der Waals surface area contributed by atoms with E-state index in [9.17, 15) is 0 Å². The number of hydrogen-bond acceptors (Lipinski definition) is 3. The maximum Gasteiger partial charge on any atom is 0.278 e. The van der Waals surface area contributed by atoms with Crippen LogP contribution < -0.4 is 4.43 Å². The molecule has 0 spiro atoms. The Balaban J connectivity index is 2.55. The van der Waals surface area contributed by atoms with Crippen LogP contribution in [0.25, 0.3) is 6.08 Å². The smallest absolute Gasteiger partial charge is 0.278 e. The molecule has 0 N–H and O–H groups in total. The lowest BCUT2D eigenvalue weighted by atomic mass is 10.2. The highest BCUT2D eigenvalue weighted by Crippen LogP contribution is 2.18. The molecule has 0 radical (unpaired) electrons. The van der Waals surface area contributed by atoms with Gasteiger partial charge in [-0.25, -0.2) is 0 Å². The molecule has 1 rings (SSSR count). The van der Waals surface area contributed by atoms with Crippen molar-refractivity contribution in [3.63, 3.8) is 0 Å². The van der Waals surface area contributed by atoms with Gasteiger partial charge in [0.1, 0.15) is 5.75 Å². The summed E-state index contributed by atoms with van der Waals surface area (Å²) in [5.41, 5.74) is 1.01. The Kier molecular flexibility index (Phi) is 6.62. The third-order valence-electron chi connectivity index (χ3n) is 2.22. The van der Waals surface area contributed by atoms with Gasteiger partial charge in [-0.15, -0.1) is 0 Å². The van der Waals surface area contributed by atoms with Crippen molar-refractivity contribution in [1.82, 2.24) is 0 Å². The van der Waals surface area contributed by atoms with Gasteiger partial charge in [0.15, 0.2) is 5.91 Å². The number of rotatable bonds is 8. The fourth-order valence-electron chi connectivity index (χ4n) is 1.45. The van der Waals surface area contributed by atoms with Crippen LogP contribution in [0.15, 0.2) is 30.8 Å². The van der Waals surface area contributed by atoms with Crippen molar-refractivity contribution >= 4 is 15.8 Å². The summed E-state index contributed by atoms with van der Waals surface area (Å²) in [5.74, 6) is 0.682. The van der Waals surface area contributed by atoms with E-state index in [0.717, 1.165) is 11.3 Å². The fraction of sp³-hybridized carbons (Fsp3) is 0.385. The van der Waals surface area contributed by atoms with Crippen LogP contribution in [0.5, 0.6) is 5.75 Å². The molecule has 0 amide bonds. The van der Waals surface area contributed by atoms with Gasteiger partial charge >= 0.3 is 0 Å². The molecule has 94 valence electrons. The van der Waals surface area contributed by atoms with E-state index in [1.165, 1.54) is 0 Å². The predicted molar refractivity (Wildman–Crippen MR) is 72.7 cm³/mol. The zero-order chi connectivity index (χ0) is 12.5. The van der Waals surface area contributed by atoms with Gasteiger partial charge in [-0.3, -0.25) is 0 Å². The van der Waals surface area contributed by atoms with Crippen molar-refractivity contribution in [2.75, 3.05) is 13.2 Å². The lowest BCUT2D eigenvalue weighted by Crippen LogP contribution is -2.28. The molecule has 0 aliphatic rings. The van der Waals surface area contributed by atoms with Crippen LogP contribution in [0.1, 0.15) is 19.4 Å². The first-order valence-corrected chi connectivity index (χ1v) is 7.28. The summed E-state index contributed by atoms with van der Waals surface area (Å²) >= 11 is 0. The number of para-hydroxylation sites is 1. The summed E-state index contributed by atoms with van der Waals surface area (Å²) in [6.07, 6.45) is 1.79. The third kappa shape index (κ3) is 4.73. The maximum atomic E-state index is 5.81. The van der Waals surface area contributed by atoms with Crippen LogP contribution in [0, 0.1) is 0 Å². The Bertz CT molecular complexity index is 335. The van der Waals surface area contributed by atoms with E-state index in [4.69, 9.17) is 13.9 Å². The first-order valence-electron chi connectivity index (χ1n) is 5.89. The Hall–Kier alpha value is -1.10. The van der Waals surface area contributed by atoms with Crippen LogP contribution in [0.2, 0.25) is 0 Å². The van der Waals surface area contributed by atoms with E-state index in [1.807, 2.05) is 38.1 Å². The van der Waals surface area contributed by atoms with Gasteiger partial charge in [0.25, 0.3) is 9.76 Å². The normalized spacial score (nSPS) is 11.2. The minimum atomic E-state index is -0.918. The molecule has 0 heterocycles. The molecule has 0 aliphatic heterocycles. The molecule has 1 aromatic rings. The van der Waals surface area contributed by atoms with E-state index in [1.54, 1.807) is 6.08 Å². The predicted octanol–water partition coefficient (Wildman–Crippen LogP) is 2.15. The van der Waals surface area contributed by atoms with Crippen molar-refractivity contribution in [2.24, 2.45) is 0 Å². The molecule has 4 heteroatoms. The summed E-state index contributed by atoms with van der Waals surface area (Å²) < 4.78 is 16.7. The second kappa shape index (κ2) is 8.06. The molecular weight excluding hydrogens is 232 g/mol. The standard InChI is InChI=1S/C13H20O3Si/c1-4-11-9-7-8-10-12(11)16-17-13(14-5-2)15-6-3/h4,7-10,13H,1,5-6,17H2,2-3H3. The minimum Gasteiger partial charge on any atom is -0.543 e. The summed E-state index contributed by atoms with van der Waals surface area (Å²) in [7, 11) is -0.918. The quantitative estimate of drug-likeness (QED) is 0.524. The van der Waals surface area contributed by atoms with E-state index in [-0.39, 0.29) is 5.91 Å². The average Bonchev–Trinajstić information content (AvgIpc) is 2.37. The van der Waals surface area contributed by atoms with Crippen LogP contribution in [0.4, 0.5) is 0 Å². The molecule has 0 fully saturated rings. The molecule has 0 saturated heterocycles. The fourth-order valence-corrected chi connectivity index (χ4v) is 2.70. The third-order valence-corrected chi connectivity index (χ3v) is 3.44. The van der Waals surface area contributed by atoms with E-state index in [2.05, 4.69) is 6.58 Å². The van der Waals surface area contributed by atoms with Gasteiger partial charge < -0.3 is 13.9 Å². The monoisotopic (exact) mass is 252 g/mol. The first-order chi connectivity index (χ1) is 8.31. The molecule has 0 bridgehead atoms. The molecule has 0 atom stereocenters. The second-order valence-electron chi connectivity index (χ2n) is 3.39. The highest BCUT2D eigenvalue weighted by Gasteiger charge is 2.11. The summed E-state index contributed by atoms with van der Waals surface area (Å²) in [6, 6.07) is 7.84. The van der Waals surface area contributed by atoms with Gasteiger partial charge in [0.05, 0.1) is 0 Å². The molecule has 0 unspecified atom stereocenters. The molecule has 3 nitrogen and oxygen atoms in total. The second-order valence-corrected chi connectivity index (χ2v) is 4.68. The summed E-state index contributed by atoms with van der Waals surface area (Å²) in [4.78, 5) is 0. The van der Waals surface area contributed by atoms with Crippen molar-refractivity contribution in [1.29, 1.82) is 0 Å². The summed E-state index contributed by atoms with van der Waals surface area (Å²) in [6.45, 7) is 8.96. The van der Waals surface area contributed by atoms with E-state index < -0.39 is 9.76 Å². The summed E-state index contributed by atoms with van der Waals surface area (Å²) in [5, 5.41) is 0. The van der Waals surface area contributed by atoms with Crippen molar-refractivity contribution in [3.8, 4) is 5.75 Å². The highest BCUT2D eigenvalue weighted by molar-refractivity contribution is 6.29. The molecule has 1 aromatic carbocycles. The molecule has 0 aliphatic carbocycles. The van der Waals surface area contributed by atoms with Crippen LogP contribution in [-0.4, -0.2) is 28.9 Å². The van der Waals surface area contributed by atoms with Gasteiger partial charge in [-0.05, 0) is 19.9 Å². The van der Waals surface area contributed by atoms with Gasteiger partial charge in [-0.2, -0.15) is 0 Å². The molecule has 17 heavy (non-hydrogen) atoms. The molecule has 0 saturated carbocycles. The zero-order valence-electron chi connectivity index (χ0n) is 10.5. The van der Waals surface area contributed by atoms with Crippen LogP contribution >= 0.6 is 0 Å². The number of ether oxygens (including phenoxy) is 2. The van der Waals surface area contributed by atoms with Gasteiger partial charge in [0, 0.05) is 18.8 Å². The van der Waals surface area contributed by atoms with Gasteiger partial charge in [-0.1, -0.05) is 30.9 Å². The first kappa shape index (κ1) is 14.0. The van der Waals surface area contributed by atoms with Crippen molar-refractivity contribution < 1.29 is 13.9 Å². The Morgan fingerprint density at radius 2 is 1.88 bits per heavy atom. The Morgan fingerprint density at radius 1 is 1.24 bits per heavy atom. The Morgan fingerprint density at radius 3 is 2.47 bits per heavy atom. The lowest BCUT2D eigenvalue weighted by Gasteiger charge is -2.17. The van der Waals surface area contributed by atoms with Gasteiger partial charge in [0.2, 0.25) is 0 Å². The highest BCUT2D eigenvalue weighted by atomic mass is 28.2. The van der Waals surface area contributed by atoms with Crippen LogP contribution in [0.3, 0.4) is 0 Å². The Labute approximate surface area is 105 Å². The van der Waals surface area contributed by atoms with E-state index >= 15 is 0 Å². The van der Waals surface area contributed by atoms with Crippen LogP contribution in [-0.2, 0) is 9.47 Å². The van der Waals surface area contributed by atoms with Crippen molar-refractivity contribution in [2.45, 2.75) is 19.8 Å². The zero-order valence-corrected chi connectivity index (χ0v) is 11.9. The maximum absolute atomic E-state index is 5.81. The SMILES string of the molecule is C=Cc1ccccc1O[SiH2]C(OCC)OCC. The van der Waals surface area contributed by atoms with Crippen molar-refractivity contribution in [3.05, 3.63) is 36.4 Å². The molecular formula is C13H20O3Si. The molecule has 0 aromatic heterocycles. The number of hydrogen-bond donors (Lipinski definition) is 0. The average molecular weight is 252 g/mol.